The minimum Gasteiger partial charge on any atom is -0.462 e. The van der Waals surface area contributed by atoms with E-state index in [0.29, 0.717) is 10.8 Å². The number of alkyl halides is 2. The van der Waals surface area contributed by atoms with Gasteiger partial charge in [0.25, 0.3) is 12.0 Å². The van der Waals surface area contributed by atoms with Gasteiger partial charge in [-0.3, -0.25) is 19.1 Å². The van der Waals surface area contributed by atoms with Gasteiger partial charge < -0.3 is 28.7 Å². The normalized spacial score (nSPS) is 24.3. The van der Waals surface area contributed by atoms with Gasteiger partial charge in [0, 0.05) is 0 Å². The molecule has 0 radical (unpaired) electrons. The molecule has 0 spiro atoms. The molecule has 1 saturated heterocycles. The third kappa shape index (κ3) is 7.01. The van der Waals surface area contributed by atoms with E-state index >= 15 is 0 Å². The molecular formula is C26H29F3N3O9PS. The Bertz CT molecular complexity index is 1660. The van der Waals surface area contributed by atoms with Crippen molar-refractivity contribution in [1.29, 1.82) is 0 Å². The number of aromatic amines is 1. The summed E-state index contributed by atoms with van der Waals surface area (Å²) < 4.78 is 65.6. The summed E-state index contributed by atoms with van der Waals surface area (Å²) in [6.45, 7) is -0.558. The lowest BCUT2D eigenvalue weighted by Gasteiger charge is -2.34. The summed E-state index contributed by atoms with van der Waals surface area (Å²) in [4.78, 5) is 37.8. The number of fused-ring (bicyclic) bond motifs is 1. The van der Waals surface area contributed by atoms with E-state index in [9.17, 15) is 37.8 Å². The van der Waals surface area contributed by atoms with Gasteiger partial charge in [0.15, 0.2) is 11.8 Å². The Hall–Kier alpha value is -3.11. The molecule has 12 nitrogen and oxygen atoms in total. The topological polar surface area (TPSA) is 161 Å². The van der Waals surface area contributed by atoms with Crippen molar-refractivity contribution >= 4 is 35.2 Å². The molecule has 1 fully saturated rings. The van der Waals surface area contributed by atoms with Crippen LogP contribution in [-0.2, 0) is 30.6 Å². The van der Waals surface area contributed by atoms with E-state index in [4.69, 9.17) is 30.3 Å². The lowest BCUT2D eigenvalue weighted by Crippen LogP contribution is -2.53. The van der Waals surface area contributed by atoms with Crippen LogP contribution in [0.1, 0.15) is 27.0 Å². The summed E-state index contributed by atoms with van der Waals surface area (Å²) in [6, 6.07) is 11.0. The van der Waals surface area contributed by atoms with E-state index in [1.54, 1.807) is 49.2 Å². The molecule has 4 rings (SSSR count). The molecule has 2 aromatic carbocycles. The van der Waals surface area contributed by atoms with Crippen LogP contribution in [0.2, 0.25) is 0 Å². The second-order valence-corrected chi connectivity index (χ2v) is 13.2. The van der Waals surface area contributed by atoms with Crippen molar-refractivity contribution in [2.24, 2.45) is 0 Å². The zero-order valence-electron chi connectivity index (χ0n) is 23.0. The quantitative estimate of drug-likeness (QED) is 0.179. The molecule has 1 aliphatic heterocycles. The van der Waals surface area contributed by atoms with Gasteiger partial charge in [-0.2, -0.15) is 4.39 Å². The average Bonchev–Trinajstić information content (AvgIpc) is 3.19. The number of nitrogens with one attached hydrogen (secondary N) is 2. The standard InChI is InChI=1S/C26H29F3N3O9PS/c1-13(2)39-23(36)14(3)31-42(43,41-17-9-8-15-6-4-5-7-16(15)10-17)38-12-26(24(28)29)20(34)19(33)22(40-26)32-11-18(27)21(35)30-25(32)37/h4-11,13-14,19-20,22,24,33-34H,12H2,1-3H3,(H,31,43)(H,30,35,37)/t14-,19-,20-,22+,26+,42?/m0/s1. The fraction of sp³-hybridized carbons (Fsp3) is 0.423. The summed E-state index contributed by atoms with van der Waals surface area (Å²) >= 11 is 5.59. The predicted octanol–water partition coefficient (Wildman–Crippen LogP) is 2.33. The van der Waals surface area contributed by atoms with Crippen LogP contribution < -0.4 is 20.9 Å². The number of hydrogen-bond donors (Lipinski definition) is 4. The molecule has 43 heavy (non-hydrogen) atoms. The maximum atomic E-state index is 14.6. The first-order valence-corrected chi connectivity index (χ1v) is 15.5. The molecule has 0 aliphatic carbocycles. The van der Waals surface area contributed by atoms with Crippen molar-refractivity contribution in [3.63, 3.8) is 0 Å². The highest BCUT2D eigenvalue weighted by atomic mass is 32.5. The molecule has 4 N–H and O–H groups in total. The van der Waals surface area contributed by atoms with Gasteiger partial charge in [-0.25, -0.2) is 18.7 Å². The number of nitrogens with zero attached hydrogens (tertiary/aromatic N) is 1. The second kappa shape index (κ2) is 12.9. The van der Waals surface area contributed by atoms with E-state index in [0.717, 1.165) is 10.8 Å². The van der Waals surface area contributed by atoms with Crippen molar-refractivity contribution in [3.8, 4) is 5.75 Å². The largest absolute Gasteiger partial charge is 0.462 e. The number of esters is 1. The highest BCUT2D eigenvalue weighted by Gasteiger charge is 2.61. The van der Waals surface area contributed by atoms with Gasteiger partial charge in [0.05, 0.1) is 18.9 Å². The van der Waals surface area contributed by atoms with E-state index in [-0.39, 0.29) is 5.75 Å². The van der Waals surface area contributed by atoms with E-state index in [1.165, 1.54) is 6.92 Å². The van der Waals surface area contributed by atoms with Crippen LogP contribution in [0.5, 0.6) is 5.75 Å². The Morgan fingerprint density at radius 2 is 1.86 bits per heavy atom. The molecule has 1 unspecified atom stereocenters. The van der Waals surface area contributed by atoms with Crippen molar-refractivity contribution < 1.29 is 46.7 Å². The number of benzene rings is 2. The molecule has 234 valence electrons. The highest BCUT2D eigenvalue weighted by Crippen LogP contribution is 2.49. The van der Waals surface area contributed by atoms with Gasteiger partial charge in [0.2, 0.25) is 5.82 Å². The fourth-order valence-corrected chi connectivity index (χ4v) is 6.72. The van der Waals surface area contributed by atoms with Crippen molar-refractivity contribution in [1.82, 2.24) is 14.6 Å². The molecular weight excluding hydrogens is 618 g/mol. The Balaban J connectivity index is 1.66. The summed E-state index contributed by atoms with van der Waals surface area (Å²) in [5.74, 6) is -2.06. The van der Waals surface area contributed by atoms with Gasteiger partial charge in [-0.1, -0.05) is 30.3 Å². The maximum absolute atomic E-state index is 14.6. The Labute approximate surface area is 247 Å². The van der Waals surface area contributed by atoms with Crippen LogP contribution in [-0.4, -0.2) is 68.7 Å². The zero-order valence-corrected chi connectivity index (χ0v) is 24.7. The monoisotopic (exact) mass is 647 g/mol. The fourth-order valence-electron chi connectivity index (χ4n) is 4.31. The summed E-state index contributed by atoms with van der Waals surface area (Å²) in [5, 5.41) is 25.6. The van der Waals surface area contributed by atoms with Crippen LogP contribution in [0, 0.1) is 5.82 Å². The van der Waals surface area contributed by atoms with E-state index in [2.05, 4.69) is 5.09 Å². The lowest BCUT2D eigenvalue weighted by molar-refractivity contribution is -0.192. The molecule has 17 heteroatoms. The molecule has 0 amide bonds. The van der Waals surface area contributed by atoms with Crippen LogP contribution in [0.15, 0.2) is 58.3 Å². The van der Waals surface area contributed by atoms with Crippen LogP contribution in [0.4, 0.5) is 13.2 Å². The van der Waals surface area contributed by atoms with Crippen LogP contribution in [0.3, 0.4) is 0 Å². The first-order valence-electron chi connectivity index (χ1n) is 12.9. The Morgan fingerprint density at radius 3 is 2.51 bits per heavy atom. The zero-order chi connectivity index (χ0) is 31.7. The smallest absolute Gasteiger partial charge is 0.330 e. The first kappa shape index (κ1) is 32.8. The number of aromatic nitrogens is 2. The average molecular weight is 648 g/mol. The molecule has 2 heterocycles. The first-order chi connectivity index (χ1) is 20.2. The number of rotatable bonds is 11. The third-order valence-corrected chi connectivity index (χ3v) is 8.97. The van der Waals surface area contributed by atoms with Gasteiger partial charge >= 0.3 is 18.3 Å². The van der Waals surface area contributed by atoms with Crippen LogP contribution >= 0.6 is 6.64 Å². The Morgan fingerprint density at radius 1 is 1.19 bits per heavy atom. The number of hydrogen-bond acceptors (Lipinski definition) is 10. The molecule has 1 aromatic heterocycles. The maximum Gasteiger partial charge on any atom is 0.330 e. The van der Waals surface area contributed by atoms with E-state index in [1.807, 2.05) is 12.1 Å². The number of carbonyl (C=O) groups excluding carboxylic acids is 1. The highest BCUT2D eigenvalue weighted by molar-refractivity contribution is 8.09. The van der Waals surface area contributed by atoms with Crippen molar-refractivity contribution in [2.45, 2.75) is 63.4 Å². The number of halogens is 3. The van der Waals surface area contributed by atoms with Crippen molar-refractivity contribution in [3.05, 3.63) is 75.3 Å². The summed E-state index contributed by atoms with van der Waals surface area (Å²) in [7, 11) is 0. The Kier molecular flexibility index (Phi) is 9.81. The van der Waals surface area contributed by atoms with E-state index < -0.39 is 78.9 Å². The molecule has 1 aliphatic rings. The molecule has 3 aromatic rings. The van der Waals surface area contributed by atoms with Crippen LogP contribution in [0.25, 0.3) is 10.8 Å². The van der Waals surface area contributed by atoms with Gasteiger partial charge in [-0.05, 0) is 55.5 Å². The predicted molar refractivity (Wildman–Crippen MR) is 151 cm³/mol. The number of aliphatic hydroxyl groups excluding tert-OH is 2. The molecule has 0 saturated carbocycles. The summed E-state index contributed by atoms with van der Waals surface area (Å²) in [6.07, 6.45) is -10.3. The second-order valence-electron chi connectivity index (χ2n) is 10.1. The number of aliphatic hydroxyl groups is 2. The number of H-pyrrole nitrogens is 1. The number of ether oxygens (including phenoxy) is 2. The SMILES string of the molecule is CC(C)OC(=O)[C@H](C)NP(=S)(OC[C@@]1(C(F)F)O[C@@H](n2cc(F)c(=O)[nH]c2=O)[C@@H](O)[C@@H]1O)Oc1ccc2ccccc2c1. The number of carbonyl (C=O) groups is 1. The molecule has 6 atom stereocenters. The summed E-state index contributed by atoms with van der Waals surface area (Å²) in [5.41, 5.74) is -5.70. The van der Waals surface area contributed by atoms with Gasteiger partial charge in [-0.15, -0.1) is 0 Å². The minimum absolute atomic E-state index is 0.158. The third-order valence-electron chi connectivity index (χ3n) is 6.49. The molecule has 0 bridgehead atoms. The van der Waals surface area contributed by atoms with Gasteiger partial charge in [0.1, 0.15) is 24.0 Å². The minimum atomic E-state index is -3.97. The lowest BCUT2D eigenvalue weighted by atomic mass is 9.96. The van der Waals surface area contributed by atoms with Crippen molar-refractivity contribution in [2.75, 3.05) is 6.61 Å².